The largest absolute Gasteiger partial charge is 0.304 e. The number of rotatable bonds is 5. The molecule has 3 nitrogen and oxygen atoms in total. The molecular weight excluding hydrogens is 278 g/mol. The molecule has 0 saturated heterocycles. The predicted octanol–water partition coefficient (Wildman–Crippen LogP) is 4.09. The second kappa shape index (κ2) is 6.33. The molecule has 108 valence electrons. The molecule has 0 spiro atoms. The topological polar surface area (TPSA) is 37.8 Å². The molecule has 1 atom stereocenters. The zero-order valence-corrected chi connectivity index (χ0v) is 13.2. The van der Waals surface area contributed by atoms with Crippen molar-refractivity contribution >= 4 is 22.2 Å². The molecule has 2 heterocycles. The van der Waals surface area contributed by atoms with Crippen molar-refractivity contribution in [1.82, 2.24) is 15.3 Å². The van der Waals surface area contributed by atoms with E-state index in [2.05, 4.69) is 52.5 Å². The minimum Gasteiger partial charge on any atom is -0.304 e. The van der Waals surface area contributed by atoms with Crippen molar-refractivity contribution in [2.75, 3.05) is 6.54 Å². The molecule has 0 aliphatic rings. The van der Waals surface area contributed by atoms with E-state index in [0.717, 1.165) is 29.2 Å². The molecule has 3 aromatic rings. The highest BCUT2D eigenvalue weighted by atomic mass is 32.1. The first kappa shape index (κ1) is 14.2. The molecule has 3 rings (SSSR count). The van der Waals surface area contributed by atoms with Crippen molar-refractivity contribution < 1.29 is 0 Å². The second-order valence-corrected chi connectivity index (χ2v) is 6.09. The van der Waals surface area contributed by atoms with E-state index >= 15 is 0 Å². The second-order valence-electron chi connectivity index (χ2n) is 5.16. The summed E-state index contributed by atoms with van der Waals surface area (Å²) in [6.07, 6.45) is 2.97. The predicted molar refractivity (Wildman–Crippen MR) is 88.7 cm³/mol. The van der Waals surface area contributed by atoms with Crippen molar-refractivity contribution in [3.8, 4) is 0 Å². The standard InChI is InChI=1S/C17H19N3S/c1-3-8-18-16(17-19-9-10-21-17)14-6-7-15-13(11-14)5-4-12(2)20-15/h4-7,9-11,16,18H,3,8H2,1-2H3. The first-order valence-corrected chi connectivity index (χ1v) is 8.16. The number of nitrogens with one attached hydrogen (secondary N) is 1. The minimum atomic E-state index is 0.163. The van der Waals surface area contributed by atoms with Crippen LogP contribution in [0.5, 0.6) is 0 Å². The van der Waals surface area contributed by atoms with E-state index < -0.39 is 0 Å². The van der Waals surface area contributed by atoms with Crippen LogP contribution in [0.4, 0.5) is 0 Å². The molecule has 0 amide bonds. The van der Waals surface area contributed by atoms with Crippen LogP contribution >= 0.6 is 11.3 Å². The highest BCUT2D eigenvalue weighted by molar-refractivity contribution is 7.09. The Morgan fingerprint density at radius 1 is 1.24 bits per heavy atom. The minimum absolute atomic E-state index is 0.163. The molecule has 1 aromatic carbocycles. The molecule has 21 heavy (non-hydrogen) atoms. The lowest BCUT2D eigenvalue weighted by atomic mass is 10.0. The van der Waals surface area contributed by atoms with Crippen molar-refractivity contribution in [2.45, 2.75) is 26.3 Å². The van der Waals surface area contributed by atoms with Crippen molar-refractivity contribution in [3.63, 3.8) is 0 Å². The van der Waals surface area contributed by atoms with Crippen LogP contribution in [0.3, 0.4) is 0 Å². The maximum Gasteiger partial charge on any atom is 0.114 e. The van der Waals surface area contributed by atoms with Gasteiger partial charge in [0.25, 0.3) is 0 Å². The van der Waals surface area contributed by atoms with Gasteiger partial charge in [-0.05, 0) is 43.7 Å². The smallest absolute Gasteiger partial charge is 0.114 e. The summed E-state index contributed by atoms with van der Waals surface area (Å²) < 4.78 is 0. The lowest BCUT2D eigenvalue weighted by Crippen LogP contribution is -2.23. The fourth-order valence-corrected chi connectivity index (χ4v) is 3.18. The van der Waals surface area contributed by atoms with Gasteiger partial charge in [0, 0.05) is 22.7 Å². The van der Waals surface area contributed by atoms with Gasteiger partial charge in [0.05, 0.1) is 11.6 Å². The van der Waals surface area contributed by atoms with Gasteiger partial charge >= 0.3 is 0 Å². The van der Waals surface area contributed by atoms with Gasteiger partial charge in [-0.25, -0.2) is 4.98 Å². The summed E-state index contributed by atoms with van der Waals surface area (Å²) in [6.45, 7) is 5.18. The van der Waals surface area contributed by atoms with Crippen LogP contribution in [0.1, 0.15) is 35.7 Å². The number of nitrogens with zero attached hydrogens (tertiary/aromatic N) is 2. The summed E-state index contributed by atoms with van der Waals surface area (Å²) in [7, 11) is 0. The van der Waals surface area contributed by atoms with Gasteiger partial charge in [-0.2, -0.15) is 0 Å². The molecule has 1 unspecified atom stereocenters. The van der Waals surface area contributed by atoms with Crippen LogP contribution in [-0.2, 0) is 0 Å². The van der Waals surface area contributed by atoms with E-state index in [4.69, 9.17) is 0 Å². The van der Waals surface area contributed by atoms with Gasteiger partial charge in [-0.15, -0.1) is 11.3 Å². The van der Waals surface area contributed by atoms with E-state index in [9.17, 15) is 0 Å². The number of hydrogen-bond donors (Lipinski definition) is 1. The molecule has 0 aliphatic carbocycles. The van der Waals surface area contributed by atoms with Gasteiger partial charge < -0.3 is 5.32 Å². The van der Waals surface area contributed by atoms with E-state index in [-0.39, 0.29) is 6.04 Å². The molecule has 0 aliphatic heterocycles. The molecular formula is C17H19N3S. The average Bonchev–Trinajstić information content (AvgIpc) is 3.02. The van der Waals surface area contributed by atoms with Crippen LogP contribution in [0, 0.1) is 6.92 Å². The third-order valence-corrected chi connectivity index (χ3v) is 4.32. The summed E-state index contributed by atoms with van der Waals surface area (Å²) in [5.41, 5.74) is 3.35. The Hall–Kier alpha value is -1.78. The molecule has 4 heteroatoms. The van der Waals surface area contributed by atoms with Crippen molar-refractivity contribution in [3.05, 3.63) is 58.2 Å². The van der Waals surface area contributed by atoms with Crippen molar-refractivity contribution in [1.29, 1.82) is 0 Å². The summed E-state index contributed by atoms with van der Waals surface area (Å²) in [5, 5.41) is 7.91. The third kappa shape index (κ3) is 3.12. The van der Waals surface area contributed by atoms with E-state index in [1.54, 1.807) is 11.3 Å². The summed E-state index contributed by atoms with van der Waals surface area (Å²) in [6, 6.07) is 10.8. The first-order chi connectivity index (χ1) is 10.3. The molecule has 0 radical (unpaired) electrons. The number of thiazole rings is 1. The Morgan fingerprint density at radius 2 is 2.14 bits per heavy atom. The van der Waals surface area contributed by atoms with Crippen LogP contribution in [0.15, 0.2) is 41.9 Å². The maximum atomic E-state index is 4.57. The molecule has 0 bridgehead atoms. The highest BCUT2D eigenvalue weighted by Crippen LogP contribution is 2.26. The quantitative estimate of drug-likeness (QED) is 0.771. The molecule has 0 fully saturated rings. The van der Waals surface area contributed by atoms with Crippen LogP contribution in [0.2, 0.25) is 0 Å². The van der Waals surface area contributed by atoms with Gasteiger partial charge in [0.15, 0.2) is 0 Å². The summed E-state index contributed by atoms with van der Waals surface area (Å²) in [4.78, 5) is 9.05. The van der Waals surface area contributed by atoms with Crippen LogP contribution in [-0.4, -0.2) is 16.5 Å². The lowest BCUT2D eigenvalue weighted by molar-refractivity contribution is 0.596. The number of fused-ring (bicyclic) bond motifs is 1. The number of benzene rings is 1. The van der Waals surface area contributed by atoms with Gasteiger partial charge in [0.1, 0.15) is 5.01 Å². The summed E-state index contributed by atoms with van der Waals surface area (Å²) >= 11 is 1.69. The lowest BCUT2D eigenvalue weighted by Gasteiger charge is -2.17. The van der Waals surface area contributed by atoms with Gasteiger partial charge in [0.2, 0.25) is 0 Å². The Morgan fingerprint density at radius 3 is 2.90 bits per heavy atom. The van der Waals surface area contributed by atoms with Crippen LogP contribution < -0.4 is 5.32 Å². The maximum absolute atomic E-state index is 4.57. The number of aryl methyl sites for hydroxylation is 1. The first-order valence-electron chi connectivity index (χ1n) is 7.28. The zero-order valence-electron chi connectivity index (χ0n) is 12.3. The van der Waals surface area contributed by atoms with E-state index in [1.165, 1.54) is 10.9 Å². The molecule has 1 N–H and O–H groups in total. The van der Waals surface area contributed by atoms with Gasteiger partial charge in [-0.3, -0.25) is 4.98 Å². The van der Waals surface area contributed by atoms with E-state index in [0.29, 0.717) is 0 Å². The normalized spacial score (nSPS) is 12.7. The Labute approximate surface area is 129 Å². The Balaban J connectivity index is 2.00. The SMILES string of the molecule is CCCNC(c1ccc2nc(C)ccc2c1)c1nccs1. The Kier molecular flexibility index (Phi) is 4.27. The third-order valence-electron chi connectivity index (χ3n) is 3.48. The van der Waals surface area contributed by atoms with E-state index in [1.807, 2.05) is 18.5 Å². The molecule has 2 aromatic heterocycles. The zero-order chi connectivity index (χ0) is 14.7. The van der Waals surface area contributed by atoms with Gasteiger partial charge in [-0.1, -0.05) is 19.1 Å². The number of hydrogen-bond acceptors (Lipinski definition) is 4. The van der Waals surface area contributed by atoms with Crippen LogP contribution in [0.25, 0.3) is 10.9 Å². The number of aromatic nitrogens is 2. The fourth-order valence-electron chi connectivity index (χ4n) is 2.44. The number of pyridine rings is 1. The highest BCUT2D eigenvalue weighted by Gasteiger charge is 2.16. The average molecular weight is 297 g/mol. The van der Waals surface area contributed by atoms with Crippen molar-refractivity contribution in [2.24, 2.45) is 0 Å². The fraction of sp³-hybridized carbons (Fsp3) is 0.294. The molecule has 0 saturated carbocycles. The Bertz CT molecular complexity index is 722. The summed E-state index contributed by atoms with van der Waals surface area (Å²) in [5.74, 6) is 0. The monoisotopic (exact) mass is 297 g/mol.